The van der Waals surface area contributed by atoms with E-state index in [1.807, 2.05) is 19.0 Å². The van der Waals surface area contributed by atoms with Gasteiger partial charge < -0.3 is 10.6 Å². The Morgan fingerprint density at radius 3 is 2.69 bits per heavy atom. The fourth-order valence-corrected chi connectivity index (χ4v) is 1.88. The summed E-state index contributed by atoms with van der Waals surface area (Å²) >= 11 is 0. The SMILES string of the molecule is CC(=O)C(CC1=CCN(C(=N)N)C1)N(C)C. The highest BCUT2D eigenvalue weighted by Gasteiger charge is 2.22. The fourth-order valence-electron chi connectivity index (χ4n) is 1.88. The summed E-state index contributed by atoms with van der Waals surface area (Å²) < 4.78 is 0. The van der Waals surface area contributed by atoms with Crippen LogP contribution in [0, 0.1) is 5.41 Å². The van der Waals surface area contributed by atoms with E-state index in [2.05, 4.69) is 6.08 Å². The maximum Gasteiger partial charge on any atom is 0.188 e. The average Bonchev–Trinajstić information content (AvgIpc) is 2.61. The molecule has 0 aromatic rings. The van der Waals surface area contributed by atoms with Crippen LogP contribution < -0.4 is 5.73 Å². The molecule has 0 aliphatic carbocycles. The molecule has 0 aromatic carbocycles. The Labute approximate surface area is 96.4 Å². The van der Waals surface area contributed by atoms with Crippen LogP contribution in [0.25, 0.3) is 0 Å². The molecule has 0 fully saturated rings. The molecule has 0 radical (unpaired) electrons. The first kappa shape index (κ1) is 12.7. The Morgan fingerprint density at radius 1 is 1.69 bits per heavy atom. The molecule has 1 aliphatic heterocycles. The van der Waals surface area contributed by atoms with Crippen molar-refractivity contribution in [3.63, 3.8) is 0 Å². The highest BCUT2D eigenvalue weighted by Crippen LogP contribution is 2.16. The molecule has 0 saturated heterocycles. The highest BCUT2D eigenvalue weighted by atomic mass is 16.1. The molecule has 5 nitrogen and oxygen atoms in total. The second-order valence-corrected chi connectivity index (χ2v) is 4.42. The summed E-state index contributed by atoms with van der Waals surface area (Å²) in [5.41, 5.74) is 6.59. The summed E-state index contributed by atoms with van der Waals surface area (Å²) in [5.74, 6) is 0.266. The van der Waals surface area contributed by atoms with Gasteiger partial charge in [0.25, 0.3) is 0 Å². The van der Waals surface area contributed by atoms with Gasteiger partial charge >= 0.3 is 0 Å². The molecule has 3 N–H and O–H groups in total. The third-order valence-electron chi connectivity index (χ3n) is 2.88. The van der Waals surface area contributed by atoms with Crippen LogP contribution in [0.5, 0.6) is 0 Å². The first-order valence-corrected chi connectivity index (χ1v) is 5.35. The summed E-state index contributed by atoms with van der Waals surface area (Å²) in [6.45, 7) is 2.97. The van der Waals surface area contributed by atoms with Crippen molar-refractivity contribution in [1.82, 2.24) is 9.80 Å². The quantitative estimate of drug-likeness (QED) is 0.401. The van der Waals surface area contributed by atoms with Gasteiger partial charge in [0.2, 0.25) is 0 Å². The lowest BCUT2D eigenvalue weighted by atomic mass is 10.0. The van der Waals surface area contributed by atoms with Gasteiger partial charge in [-0.1, -0.05) is 11.6 Å². The number of rotatable bonds is 4. The second-order valence-electron chi connectivity index (χ2n) is 4.42. The van der Waals surface area contributed by atoms with Crippen LogP contribution in [-0.2, 0) is 4.79 Å². The molecule has 5 heteroatoms. The number of likely N-dealkylation sites (N-methyl/N-ethyl adjacent to an activating group) is 1. The van der Waals surface area contributed by atoms with Crippen LogP contribution in [0.15, 0.2) is 11.6 Å². The molecule has 16 heavy (non-hydrogen) atoms. The Balaban J connectivity index is 2.55. The van der Waals surface area contributed by atoms with Crippen LogP contribution >= 0.6 is 0 Å². The molecule has 1 unspecified atom stereocenters. The van der Waals surface area contributed by atoms with Crippen molar-refractivity contribution < 1.29 is 4.79 Å². The molecule has 0 saturated carbocycles. The number of hydrogen-bond acceptors (Lipinski definition) is 3. The van der Waals surface area contributed by atoms with E-state index in [-0.39, 0.29) is 17.8 Å². The van der Waals surface area contributed by atoms with E-state index < -0.39 is 0 Å². The van der Waals surface area contributed by atoms with Crippen molar-refractivity contribution in [2.75, 3.05) is 27.2 Å². The third kappa shape index (κ3) is 3.06. The van der Waals surface area contributed by atoms with E-state index in [1.54, 1.807) is 11.8 Å². The molecular weight excluding hydrogens is 204 g/mol. The largest absolute Gasteiger partial charge is 0.370 e. The third-order valence-corrected chi connectivity index (χ3v) is 2.88. The second kappa shape index (κ2) is 5.12. The van der Waals surface area contributed by atoms with Crippen molar-refractivity contribution in [2.24, 2.45) is 5.73 Å². The van der Waals surface area contributed by atoms with Gasteiger partial charge in [-0.25, -0.2) is 0 Å². The number of carbonyl (C=O) groups is 1. The lowest BCUT2D eigenvalue weighted by Gasteiger charge is -2.23. The lowest BCUT2D eigenvalue weighted by molar-refractivity contribution is -0.121. The molecule has 1 atom stereocenters. The first-order valence-electron chi connectivity index (χ1n) is 5.35. The topological polar surface area (TPSA) is 73.4 Å². The average molecular weight is 224 g/mol. The molecule has 0 spiro atoms. The standard InChI is InChI=1S/C11H20N4O/c1-8(16)10(14(2)3)6-9-4-5-15(7-9)11(12)13/h4,10H,5-7H2,1-3H3,(H3,12,13). The van der Waals surface area contributed by atoms with E-state index in [0.29, 0.717) is 13.1 Å². The number of hydrogen-bond donors (Lipinski definition) is 2. The molecule has 1 aliphatic rings. The minimum atomic E-state index is -0.0711. The van der Waals surface area contributed by atoms with E-state index in [0.717, 1.165) is 6.42 Å². The zero-order chi connectivity index (χ0) is 12.3. The maximum atomic E-state index is 11.4. The zero-order valence-corrected chi connectivity index (χ0v) is 10.2. The highest BCUT2D eigenvalue weighted by molar-refractivity contribution is 5.82. The molecule has 0 amide bonds. The summed E-state index contributed by atoms with van der Waals surface area (Å²) in [4.78, 5) is 15.1. The number of ketones is 1. The van der Waals surface area contributed by atoms with Crippen LogP contribution in [0.4, 0.5) is 0 Å². The van der Waals surface area contributed by atoms with Crippen molar-refractivity contribution in [1.29, 1.82) is 5.41 Å². The predicted octanol–water partition coefficient (Wildman–Crippen LogP) is 0.0312. The van der Waals surface area contributed by atoms with Crippen molar-refractivity contribution in [3.8, 4) is 0 Å². The Hall–Kier alpha value is -1.36. The number of guanidine groups is 1. The van der Waals surface area contributed by atoms with E-state index in [1.165, 1.54) is 5.57 Å². The van der Waals surface area contributed by atoms with Gasteiger partial charge in [0.1, 0.15) is 5.78 Å². The summed E-state index contributed by atoms with van der Waals surface area (Å²) in [7, 11) is 3.81. The fraction of sp³-hybridized carbons (Fsp3) is 0.636. The van der Waals surface area contributed by atoms with Gasteiger partial charge in [-0.2, -0.15) is 0 Å². The minimum Gasteiger partial charge on any atom is -0.370 e. The van der Waals surface area contributed by atoms with E-state index in [9.17, 15) is 4.79 Å². The van der Waals surface area contributed by atoms with Crippen LogP contribution in [0.1, 0.15) is 13.3 Å². The molecular formula is C11H20N4O. The summed E-state index contributed by atoms with van der Waals surface area (Å²) in [6.07, 6.45) is 2.78. The first-order chi connectivity index (χ1) is 7.41. The van der Waals surface area contributed by atoms with Crippen LogP contribution in [-0.4, -0.2) is 54.8 Å². The van der Waals surface area contributed by atoms with E-state index >= 15 is 0 Å². The number of nitrogens with two attached hydrogens (primary N) is 1. The monoisotopic (exact) mass is 224 g/mol. The summed E-state index contributed by atoms with van der Waals surface area (Å²) in [5, 5.41) is 7.33. The van der Waals surface area contributed by atoms with Gasteiger partial charge in [-0.15, -0.1) is 0 Å². The molecule has 0 aromatic heterocycles. The molecule has 0 bridgehead atoms. The molecule has 1 heterocycles. The molecule has 90 valence electrons. The van der Waals surface area contributed by atoms with Crippen molar-refractivity contribution in [3.05, 3.63) is 11.6 Å². The van der Waals surface area contributed by atoms with Crippen LogP contribution in [0.2, 0.25) is 0 Å². The number of Topliss-reactive ketones (excluding diaryl/α,β-unsaturated/α-hetero) is 1. The lowest BCUT2D eigenvalue weighted by Crippen LogP contribution is -2.37. The predicted molar refractivity (Wildman–Crippen MR) is 64.3 cm³/mol. The Kier molecular flexibility index (Phi) is 4.06. The van der Waals surface area contributed by atoms with Gasteiger partial charge in [0, 0.05) is 13.1 Å². The Morgan fingerprint density at radius 2 is 2.31 bits per heavy atom. The zero-order valence-electron chi connectivity index (χ0n) is 10.2. The van der Waals surface area contributed by atoms with E-state index in [4.69, 9.17) is 11.1 Å². The van der Waals surface area contributed by atoms with Gasteiger partial charge in [-0.3, -0.25) is 15.1 Å². The van der Waals surface area contributed by atoms with Gasteiger partial charge in [0.15, 0.2) is 5.96 Å². The van der Waals surface area contributed by atoms with Crippen LogP contribution in [0.3, 0.4) is 0 Å². The minimum absolute atomic E-state index is 0.0711. The molecule has 1 rings (SSSR count). The number of nitrogens with one attached hydrogen (secondary N) is 1. The van der Waals surface area contributed by atoms with Gasteiger partial charge in [-0.05, 0) is 27.4 Å². The van der Waals surface area contributed by atoms with Gasteiger partial charge in [0.05, 0.1) is 6.04 Å². The Bertz CT molecular complexity index is 322. The maximum absolute atomic E-state index is 11.4. The van der Waals surface area contributed by atoms with Crippen molar-refractivity contribution in [2.45, 2.75) is 19.4 Å². The smallest absolute Gasteiger partial charge is 0.188 e. The normalized spacial score (nSPS) is 17.5. The number of carbonyl (C=O) groups excluding carboxylic acids is 1. The number of nitrogens with zero attached hydrogens (tertiary/aromatic N) is 2. The summed E-state index contributed by atoms with van der Waals surface area (Å²) in [6, 6.07) is -0.0711. The van der Waals surface area contributed by atoms with Crippen molar-refractivity contribution >= 4 is 11.7 Å².